The van der Waals surface area contributed by atoms with Crippen molar-refractivity contribution in [3.05, 3.63) is 120 Å². The summed E-state index contributed by atoms with van der Waals surface area (Å²) < 4.78 is 0. The summed E-state index contributed by atoms with van der Waals surface area (Å²) in [6.07, 6.45) is 0. The molecule has 4 rings (SSSR count). The molecule has 0 fully saturated rings. The third kappa shape index (κ3) is 6.00. The van der Waals surface area contributed by atoms with E-state index in [0.29, 0.717) is 0 Å². The van der Waals surface area contributed by atoms with Gasteiger partial charge in [-0.1, -0.05) is 83.4 Å². The topological polar surface area (TPSA) is 23.1 Å². The third-order valence-electron chi connectivity index (χ3n) is 4.51. The SMILES string of the molecule is Cc1ccc([S+](c2ccc(C)cc2)c2ccc(C)cc2)cc1.[O-]c1ccccc1. The van der Waals surface area contributed by atoms with E-state index in [1.165, 1.54) is 43.5 Å². The van der Waals surface area contributed by atoms with Gasteiger partial charge >= 0.3 is 0 Å². The molecule has 2 heteroatoms. The highest BCUT2D eigenvalue weighted by molar-refractivity contribution is 7.97. The van der Waals surface area contributed by atoms with Crippen LogP contribution in [0.15, 0.2) is 118 Å². The number of aryl methyl sites for hydroxylation is 3. The molecule has 29 heavy (non-hydrogen) atoms. The standard InChI is InChI=1S/C21H21S.C6H6O/c1-16-4-10-19(11-5-16)22(20-12-6-17(2)7-13-20)21-14-8-18(3)9-15-21;7-6-4-2-1-3-5-6/h4-15H,1-3H3;1-5,7H/q+1;/p-1. The first-order chi connectivity index (χ1) is 14.0. The summed E-state index contributed by atoms with van der Waals surface area (Å²) in [5.41, 5.74) is 3.92. The number of para-hydroxylation sites is 1. The molecule has 0 bridgehead atoms. The first-order valence-corrected chi connectivity index (χ1v) is 10.9. The highest BCUT2D eigenvalue weighted by atomic mass is 32.2. The molecule has 0 spiro atoms. The molecular formula is C27H26OS. The average Bonchev–Trinajstić information content (AvgIpc) is 2.73. The smallest absolute Gasteiger partial charge is 0.166 e. The van der Waals surface area contributed by atoms with Crippen LogP contribution in [0.5, 0.6) is 5.75 Å². The average molecular weight is 399 g/mol. The number of benzene rings is 4. The maximum Gasteiger partial charge on any atom is 0.166 e. The van der Waals surface area contributed by atoms with Crippen molar-refractivity contribution in [3.8, 4) is 5.75 Å². The Bertz CT molecular complexity index is 897. The Labute approximate surface area is 177 Å². The van der Waals surface area contributed by atoms with Crippen LogP contribution >= 0.6 is 0 Å². The Hall–Kier alpha value is -2.97. The van der Waals surface area contributed by atoms with Crippen LogP contribution in [0.25, 0.3) is 0 Å². The van der Waals surface area contributed by atoms with Gasteiger partial charge in [0.15, 0.2) is 14.7 Å². The summed E-state index contributed by atoms with van der Waals surface area (Å²) >= 11 is 0. The fourth-order valence-corrected chi connectivity index (χ4v) is 4.89. The summed E-state index contributed by atoms with van der Waals surface area (Å²) in [4.78, 5) is 4.12. The number of hydrogen-bond donors (Lipinski definition) is 0. The van der Waals surface area contributed by atoms with Gasteiger partial charge in [0.2, 0.25) is 0 Å². The van der Waals surface area contributed by atoms with Gasteiger partial charge in [-0.15, -0.1) is 5.75 Å². The normalized spacial score (nSPS) is 10.3. The fourth-order valence-electron chi connectivity index (χ4n) is 2.85. The summed E-state index contributed by atoms with van der Waals surface area (Å²) in [5, 5.41) is 10.3. The van der Waals surface area contributed by atoms with Gasteiger partial charge in [-0.3, -0.25) is 0 Å². The molecule has 0 aromatic heterocycles. The molecule has 0 aliphatic rings. The molecular weight excluding hydrogens is 372 g/mol. The van der Waals surface area contributed by atoms with E-state index in [1.54, 1.807) is 12.1 Å². The minimum absolute atomic E-state index is 0.0394. The van der Waals surface area contributed by atoms with Crippen molar-refractivity contribution in [1.82, 2.24) is 0 Å². The van der Waals surface area contributed by atoms with Crippen LogP contribution < -0.4 is 5.11 Å². The molecule has 4 aromatic carbocycles. The lowest BCUT2D eigenvalue weighted by Crippen LogP contribution is -2.04. The molecule has 0 aliphatic heterocycles. The summed E-state index contributed by atoms with van der Waals surface area (Å²) in [5.74, 6) is 0.0718. The largest absolute Gasteiger partial charge is 0.872 e. The van der Waals surface area contributed by atoms with E-state index in [-0.39, 0.29) is 16.6 Å². The highest BCUT2D eigenvalue weighted by Gasteiger charge is 2.28. The minimum Gasteiger partial charge on any atom is -0.872 e. The maximum absolute atomic E-state index is 10.3. The molecule has 0 N–H and O–H groups in total. The van der Waals surface area contributed by atoms with Gasteiger partial charge in [0.05, 0.1) is 10.9 Å². The second-order valence-corrected chi connectivity index (χ2v) is 9.08. The van der Waals surface area contributed by atoms with Crippen LogP contribution in [0.1, 0.15) is 16.7 Å². The lowest BCUT2D eigenvalue weighted by atomic mass is 10.2. The van der Waals surface area contributed by atoms with E-state index in [1.807, 2.05) is 6.07 Å². The van der Waals surface area contributed by atoms with Crippen molar-refractivity contribution in [2.45, 2.75) is 35.5 Å². The van der Waals surface area contributed by atoms with Crippen molar-refractivity contribution in [2.24, 2.45) is 0 Å². The fraction of sp³-hybridized carbons (Fsp3) is 0.111. The zero-order valence-electron chi connectivity index (χ0n) is 17.1. The van der Waals surface area contributed by atoms with Gasteiger partial charge in [-0.2, -0.15) is 0 Å². The molecule has 0 radical (unpaired) electrons. The van der Waals surface area contributed by atoms with Crippen molar-refractivity contribution < 1.29 is 5.11 Å². The van der Waals surface area contributed by atoms with Gasteiger partial charge in [0.25, 0.3) is 0 Å². The van der Waals surface area contributed by atoms with E-state index in [2.05, 4.69) is 93.6 Å². The zero-order valence-corrected chi connectivity index (χ0v) is 17.9. The molecule has 0 aliphatic carbocycles. The molecule has 0 amide bonds. The van der Waals surface area contributed by atoms with Crippen LogP contribution in [0.4, 0.5) is 0 Å². The van der Waals surface area contributed by atoms with E-state index in [4.69, 9.17) is 0 Å². The van der Waals surface area contributed by atoms with Crippen LogP contribution in [0, 0.1) is 20.8 Å². The van der Waals surface area contributed by atoms with Gasteiger partial charge < -0.3 is 5.11 Å². The lowest BCUT2D eigenvalue weighted by Gasteiger charge is -2.09. The first kappa shape index (κ1) is 20.8. The molecule has 0 saturated heterocycles. The lowest BCUT2D eigenvalue weighted by molar-refractivity contribution is -0.268. The number of hydrogen-bond acceptors (Lipinski definition) is 1. The van der Waals surface area contributed by atoms with Crippen molar-refractivity contribution in [2.75, 3.05) is 0 Å². The maximum atomic E-state index is 10.3. The Balaban J connectivity index is 0.000000290. The molecule has 146 valence electrons. The monoisotopic (exact) mass is 398 g/mol. The van der Waals surface area contributed by atoms with E-state index in [9.17, 15) is 5.11 Å². The number of rotatable bonds is 3. The second kappa shape index (κ2) is 9.99. The van der Waals surface area contributed by atoms with Crippen molar-refractivity contribution in [1.29, 1.82) is 0 Å². The third-order valence-corrected chi connectivity index (χ3v) is 6.74. The van der Waals surface area contributed by atoms with E-state index < -0.39 is 0 Å². The molecule has 4 aromatic rings. The Morgan fingerprint density at radius 1 is 0.448 bits per heavy atom. The predicted molar refractivity (Wildman–Crippen MR) is 122 cm³/mol. The van der Waals surface area contributed by atoms with Gasteiger partial charge in [-0.25, -0.2) is 0 Å². The van der Waals surface area contributed by atoms with Crippen LogP contribution in [0.2, 0.25) is 0 Å². The van der Waals surface area contributed by atoms with Crippen molar-refractivity contribution >= 4 is 10.9 Å². The zero-order chi connectivity index (χ0) is 20.6. The molecule has 1 nitrogen and oxygen atoms in total. The Morgan fingerprint density at radius 2 is 0.759 bits per heavy atom. The van der Waals surface area contributed by atoms with E-state index in [0.717, 1.165) is 0 Å². The molecule has 0 atom stereocenters. The quantitative estimate of drug-likeness (QED) is 0.363. The Morgan fingerprint density at radius 3 is 1.00 bits per heavy atom. The van der Waals surface area contributed by atoms with Crippen LogP contribution in [-0.2, 0) is 10.9 Å². The van der Waals surface area contributed by atoms with Crippen molar-refractivity contribution in [3.63, 3.8) is 0 Å². The van der Waals surface area contributed by atoms with Gasteiger partial charge in [0, 0.05) is 0 Å². The predicted octanol–water partition coefficient (Wildman–Crippen LogP) is 6.47. The highest BCUT2D eigenvalue weighted by Crippen LogP contribution is 2.31. The van der Waals surface area contributed by atoms with Gasteiger partial charge in [0.1, 0.15) is 0 Å². The first-order valence-electron chi connectivity index (χ1n) is 9.69. The van der Waals surface area contributed by atoms with Crippen LogP contribution in [-0.4, -0.2) is 0 Å². The summed E-state index contributed by atoms with van der Waals surface area (Å²) in [7, 11) is -0.0394. The molecule has 0 heterocycles. The second-order valence-electron chi connectivity index (χ2n) is 7.06. The van der Waals surface area contributed by atoms with Gasteiger partial charge in [-0.05, 0) is 57.2 Å². The van der Waals surface area contributed by atoms with E-state index >= 15 is 0 Å². The molecule has 0 saturated carbocycles. The summed E-state index contributed by atoms with van der Waals surface area (Å²) in [6.45, 7) is 6.42. The Kier molecular flexibility index (Phi) is 7.15. The minimum atomic E-state index is -0.0394. The summed E-state index contributed by atoms with van der Waals surface area (Å²) in [6, 6.07) is 35.1. The molecule has 0 unspecified atom stereocenters. The van der Waals surface area contributed by atoms with Crippen LogP contribution in [0.3, 0.4) is 0 Å².